The Bertz CT molecular complexity index is 200. The van der Waals surface area contributed by atoms with Crippen LogP contribution in [-0.2, 0) is 37.4 Å². The van der Waals surface area contributed by atoms with Gasteiger partial charge in [-0.05, 0) is 18.6 Å². The van der Waals surface area contributed by atoms with E-state index in [1.165, 1.54) is 43.5 Å². The molecule has 0 aromatic heterocycles. The van der Waals surface area contributed by atoms with E-state index in [0.717, 1.165) is 25.0 Å². The normalized spacial score (nSPS) is 13.9. The third kappa shape index (κ3) is 15.7. The summed E-state index contributed by atoms with van der Waals surface area (Å²) in [4.78, 5) is 11.8. The van der Waals surface area contributed by atoms with Gasteiger partial charge >= 0.3 is 0 Å². The van der Waals surface area contributed by atoms with Gasteiger partial charge in [0, 0.05) is 26.8 Å². The molecule has 0 fully saturated rings. The molecule has 0 aromatic rings. The van der Waals surface area contributed by atoms with E-state index in [1.54, 1.807) is 0 Å². The van der Waals surface area contributed by atoms with E-state index in [2.05, 4.69) is 13.8 Å². The van der Waals surface area contributed by atoms with Crippen molar-refractivity contribution in [2.45, 2.75) is 65.2 Å². The molecule has 0 N–H and O–H groups in total. The van der Waals surface area contributed by atoms with Crippen molar-refractivity contribution in [3.05, 3.63) is 0 Å². The second kappa shape index (κ2) is 15.0. The van der Waals surface area contributed by atoms with Gasteiger partial charge in [0.15, 0.2) is 0 Å². The standard InChI is InChI=1S/C12H27O2PS2.Mo/c1-3-5-7-9-11-14-15(13,16)17-12-10-8-6-4-2;/h3-12H2,1-2H3,(H,13,16);/p-1. The third-order valence-corrected chi connectivity index (χ3v) is 6.86. The molecule has 0 bridgehead atoms. The minimum atomic E-state index is -2.79. The largest absolute Gasteiger partial charge is 0.793 e. The summed E-state index contributed by atoms with van der Waals surface area (Å²) in [5.74, 6) is 0.871. The third-order valence-electron chi connectivity index (χ3n) is 2.49. The zero-order chi connectivity index (χ0) is 13.0. The molecule has 0 aliphatic carbocycles. The molecule has 0 radical (unpaired) electrons. The molecule has 1 unspecified atom stereocenters. The van der Waals surface area contributed by atoms with Crippen molar-refractivity contribution < 1.29 is 30.5 Å². The van der Waals surface area contributed by atoms with Crippen LogP contribution in [0.1, 0.15) is 65.2 Å². The quantitative estimate of drug-likeness (QED) is 0.278. The smallest absolute Gasteiger partial charge is 0.0513 e. The molecular formula is C12H26MoO2PS2-. The van der Waals surface area contributed by atoms with Gasteiger partial charge in [-0.3, -0.25) is 0 Å². The Morgan fingerprint density at radius 3 is 2.11 bits per heavy atom. The Morgan fingerprint density at radius 1 is 1.00 bits per heavy atom. The maximum atomic E-state index is 11.8. The predicted octanol–water partition coefficient (Wildman–Crippen LogP) is 4.48. The Morgan fingerprint density at radius 2 is 1.56 bits per heavy atom. The van der Waals surface area contributed by atoms with Crippen molar-refractivity contribution >= 4 is 28.9 Å². The van der Waals surface area contributed by atoms with E-state index in [4.69, 9.17) is 16.3 Å². The Labute approximate surface area is 136 Å². The number of hydrogen-bond acceptors (Lipinski definition) is 4. The molecule has 1 atom stereocenters. The Hall–Kier alpha value is 1.61. The predicted molar refractivity (Wildman–Crippen MR) is 81.0 cm³/mol. The van der Waals surface area contributed by atoms with Gasteiger partial charge in [0.05, 0.1) is 6.61 Å². The van der Waals surface area contributed by atoms with Gasteiger partial charge in [-0.25, -0.2) is 0 Å². The second-order valence-electron chi connectivity index (χ2n) is 4.23. The van der Waals surface area contributed by atoms with Gasteiger partial charge in [0.25, 0.3) is 0 Å². The zero-order valence-corrected chi connectivity index (χ0v) is 16.1. The van der Waals surface area contributed by atoms with Crippen LogP contribution in [0, 0.1) is 0 Å². The topological polar surface area (TPSA) is 32.3 Å². The number of hydrogen-bond donors (Lipinski definition) is 0. The van der Waals surface area contributed by atoms with Crippen molar-refractivity contribution in [1.82, 2.24) is 0 Å². The van der Waals surface area contributed by atoms with E-state index < -0.39 is 5.69 Å². The summed E-state index contributed by atoms with van der Waals surface area (Å²) < 4.78 is 5.32. The van der Waals surface area contributed by atoms with Crippen molar-refractivity contribution in [2.24, 2.45) is 0 Å². The first kappa shape index (κ1) is 21.9. The van der Waals surface area contributed by atoms with Gasteiger partial charge in [-0.1, -0.05) is 64.2 Å². The van der Waals surface area contributed by atoms with E-state index in [-0.39, 0.29) is 21.1 Å². The van der Waals surface area contributed by atoms with Crippen LogP contribution in [0.2, 0.25) is 0 Å². The molecule has 0 heterocycles. The van der Waals surface area contributed by atoms with Crippen molar-refractivity contribution in [3.63, 3.8) is 0 Å². The fourth-order valence-corrected chi connectivity index (χ4v) is 4.83. The van der Waals surface area contributed by atoms with Gasteiger partial charge in [-0.2, -0.15) is 0 Å². The minimum absolute atomic E-state index is 0. The monoisotopic (exact) mass is 395 g/mol. The fourth-order valence-electron chi connectivity index (χ4n) is 1.45. The summed E-state index contributed by atoms with van der Waals surface area (Å²) in [6, 6.07) is 0. The Kier molecular flexibility index (Phi) is 18.3. The summed E-state index contributed by atoms with van der Waals surface area (Å²) >= 11 is 6.34. The summed E-state index contributed by atoms with van der Waals surface area (Å²) in [6.45, 7) is 4.91. The molecule has 0 rings (SSSR count). The molecule has 0 amide bonds. The van der Waals surface area contributed by atoms with Crippen molar-refractivity contribution in [1.29, 1.82) is 0 Å². The average molecular weight is 393 g/mol. The van der Waals surface area contributed by atoms with Crippen LogP contribution in [0.4, 0.5) is 0 Å². The van der Waals surface area contributed by atoms with E-state index in [1.807, 2.05) is 0 Å². The molecule has 110 valence electrons. The van der Waals surface area contributed by atoms with Crippen LogP contribution in [-0.4, -0.2) is 12.4 Å². The molecule has 0 saturated carbocycles. The van der Waals surface area contributed by atoms with Gasteiger partial charge in [-0.15, -0.1) is 11.4 Å². The van der Waals surface area contributed by atoms with E-state index in [9.17, 15) is 4.89 Å². The first-order chi connectivity index (χ1) is 8.12. The molecule has 0 aromatic carbocycles. The first-order valence-electron chi connectivity index (χ1n) is 6.72. The summed E-state index contributed by atoms with van der Waals surface area (Å²) in [5.41, 5.74) is -2.79. The van der Waals surface area contributed by atoms with Crippen LogP contribution < -0.4 is 4.89 Å². The molecule has 0 saturated heterocycles. The molecule has 0 spiro atoms. The minimum Gasteiger partial charge on any atom is -0.793 e. The molecule has 2 nitrogen and oxygen atoms in total. The summed E-state index contributed by atoms with van der Waals surface area (Å²) in [6.07, 6.45) is 9.32. The van der Waals surface area contributed by atoms with Gasteiger partial charge < -0.3 is 9.42 Å². The van der Waals surface area contributed by atoms with Gasteiger partial charge in [0.1, 0.15) is 0 Å². The van der Waals surface area contributed by atoms with E-state index >= 15 is 0 Å². The van der Waals surface area contributed by atoms with Crippen LogP contribution >= 0.6 is 17.1 Å². The molecular weight excluding hydrogens is 367 g/mol. The average Bonchev–Trinajstić information content (AvgIpc) is 2.28. The number of rotatable bonds is 12. The molecule has 0 aliphatic heterocycles. The summed E-state index contributed by atoms with van der Waals surface area (Å²) in [7, 11) is 0. The van der Waals surface area contributed by atoms with Crippen LogP contribution in [0.25, 0.3) is 0 Å². The van der Waals surface area contributed by atoms with E-state index in [0.29, 0.717) is 6.61 Å². The van der Waals surface area contributed by atoms with Crippen LogP contribution in [0.3, 0.4) is 0 Å². The second-order valence-corrected chi connectivity index (χ2v) is 10.4. The van der Waals surface area contributed by atoms with Crippen LogP contribution in [0.15, 0.2) is 0 Å². The molecule has 0 aliphatic rings. The maximum absolute atomic E-state index is 11.8. The van der Waals surface area contributed by atoms with Crippen LogP contribution in [0.5, 0.6) is 0 Å². The SMILES string of the molecule is CCCCCCOP([O-])(=S)SCCCCCC.[Mo]. The molecule has 6 heteroatoms. The first-order valence-corrected chi connectivity index (χ1v) is 11.0. The van der Waals surface area contributed by atoms with Gasteiger partial charge in [0.2, 0.25) is 0 Å². The summed E-state index contributed by atoms with van der Waals surface area (Å²) in [5, 5.41) is 0. The van der Waals surface area contributed by atoms with Crippen molar-refractivity contribution in [2.75, 3.05) is 12.4 Å². The number of unbranched alkanes of at least 4 members (excludes halogenated alkanes) is 6. The zero-order valence-electron chi connectivity index (χ0n) is 11.6. The molecule has 18 heavy (non-hydrogen) atoms. The maximum Gasteiger partial charge on any atom is 0.0513 e. The van der Waals surface area contributed by atoms with Crippen molar-refractivity contribution in [3.8, 4) is 0 Å². The Balaban J connectivity index is 0. The fraction of sp³-hybridized carbons (Fsp3) is 1.00.